The van der Waals surface area contributed by atoms with Crippen LogP contribution < -0.4 is 16.4 Å². The molecule has 0 aromatic carbocycles. The minimum absolute atomic E-state index is 0. The molecule has 7 nitrogen and oxygen atoms in total. The van der Waals surface area contributed by atoms with Crippen LogP contribution in [0, 0.1) is 0 Å². The van der Waals surface area contributed by atoms with Crippen molar-refractivity contribution in [2.45, 2.75) is 37.8 Å². The lowest BCUT2D eigenvalue weighted by atomic mass is 10.0. The Morgan fingerprint density at radius 2 is 2.19 bits per heavy atom. The molecule has 122 valence electrons. The second-order valence-electron chi connectivity index (χ2n) is 5.41. The molecule has 0 bridgehead atoms. The van der Waals surface area contributed by atoms with Crippen LogP contribution in [-0.2, 0) is 9.53 Å². The van der Waals surface area contributed by atoms with Gasteiger partial charge in [-0.1, -0.05) is 0 Å². The van der Waals surface area contributed by atoms with E-state index in [2.05, 4.69) is 10.6 Å². The van der Waals surface area contributed by atoms with Crippen molar-refractivity contribution in [1.82, 2.24) is 15.5 Å². The van der Waals surface area contributed by atoms with Crippen LogP contribution in [0.4, 0.5) is 4.79 Å². The second kappa shape index (κ2) is 9.07. The largest absolute Gasteiger partial charge is 0.378 e. The highest BCUT2D eigenvalue weighted by Crippen LogP contribution is 2.18. The number of nitrogens with two attached hydrogens (primary N) is 1. The molecule has 2 fully saturated rings. The Morgan fingerprint density at radius 3 is 2.86 bits per heavy atom. The van der Waals surface area contributed by atoms with E-state index >= 15 is 0 Å². The summed E-state index contributed by atoms with van der Waals surface area (Å²) in [7, 11) is 0. The molecule has 4 N–H and O–H groups in total. The number of amides is 3. The van der Waals surface area contributed by atoms with Crippen LogP contribution in [0.2, 0.25) is 0 Å². The summed E-state index contributed by atoms with van der Waals surface area (Å²) >= 11 is 0. The van der Waals surface area contributed by atoms with E-state index in [1.165, 1.54) is 0 Å². The molecular formula is C13H25ClN4O3. The molecule has 21 heavy (non-hydrogen) atoms. The molecule has 2 saturated heterocycles. The zero-order chi connectivity index (χ0) is 14.4. The van der Waals surface area contributed by atoms with E-state index < -0.39 is 6.03 Å². The van der Waals surface area contributed by atoms with E-state index in [0.717, 1.165) is 32.4 Å². The van der Waals surface area contributed by atoms with E-state index in [0.29, 0.717) is 26.2 Å². The Balaban J connectivity index is 0.00000220. The van der Waals surface area contributed by atoms with Crippen molar-refractivity contribution in [3.63, 3.8) is 0 Å². The number of morpholine rings is 1. The summed E-state index contributed by atoms with van der Waals surface area (Å²) in [5.74, 6) is 0.129. The van der Waals surface area contributed by atoms with Gasteiger partial charge in [-0.3, -0.25) is 4.79 Å². The summed E-state index contributed by atoms with van der Waals surface area (Å²) in [6.07, 6.45) is 3.47. The van der Waals surface area contributed by atoms with Crippen LogP contribution in [0.25, 0.3) is 0 Å². The maximum absolute atomic E-state index is 12.4. The van der Waals surface area contributed by atoms with Crippen molar-refractivity contribution in [3.05, 3.63) is 0 Å². The van der Waals surface area contributed by atoms with Gasteiger partial charge in [-0.05, 0) is 19.3 Å². The monoisotopic (exact) mass is 320 g/mol. The van der Waals surface area contributed by atoms with Crippen molar-refractivity contribution >= 4 is 24.3 Å². The number of halogens is 1. The maximum atomic E-state index is 12.4. The average molecular weight is 321 g/mol. The molecule has 2 atom stereocenters. The normalized spacial score (nSPS) is 25.8. The van der Waals surface area contributed by atoms with Crippen LogP contribution in [0.15, 0.2) is 0 Å². The number of nitrogens with one attached hydrogen (secondary N) is 2. The Hall–Kier alpha value is -1.05. The molecule has 0 aromatic heterocycles. The number of likely N-dealkylation sites (tertiary alicyclic amines) is 1. The highest BCUT2D eigenvalue weighted by molar-refractivity contribution is 5.85. The third kappa shape index (κ3) is 5.68. The molecule has 0 spiro atoms. The third-order valence-electron chi connectivity index (χ3n) is 3.88. The van der Waals surface area contributed by atoms with Crippen LogP contribution >= 0.6 is 12.4 Å². The lowest BCUT2D eigenvalue weighted by Gasteiger charge is -2.37. The number of carbonyl (C=O) groups excluding carboxylic acids is 2. The van der Waals surface area contributed by atoms with Gasteiger partial charge in [-0.15, -0.1) is 12.4 Å². The van der Waals surface area contributed by atoms with E-state index in [4.69, 9.17) is 10.5 Å². The number of hydrogen-bond acceptors (Lipinski definition) is 4. The maximum Gasteiger partial charge on any atom is 0.312 e. The SMILES string of the molecule is Cl.NC(=O)NCC1CCCCN1C(=O)CC1COCCN1. The van der Waals surface area contributed by atoms with Crippen molar-refractivity contribution in [3.8, 4) is 0 Å². The highest BCUT2D eigenvalue weighted by Gasteiger charge is 2.28. The Kier molecular flexibility index (Phi) is 7.77. The van der Waals surface area contributed by atoms with Crippen molar-refractivity contribution in [2.75, 3.05) is 32.8 Å². The van der Waals surface area contributed by atoms with Gasteiger partial charge in [0.2, 0.25) is 5.91 Å². The number of carbonyl (C=O) groups is 2. The minimum Gasteiger partial charge on any atom is -0.378 e. The van der Waals surface area contributed by atoms with Crippen LogP contribution in [-0.4, -0.2) is 61.8 Å². The van der Waals surface area contributed by atoms with E-state index in [9.17, 15) is 9.59 Å². The fourth-order valence-electron chi connectivity index (χ4n) is 2.84. The standard InChI is InChI=1S/C13H24N4O3.ClH/c14-13(19)16-8-11-3-1-2-5-17(11)12(18)7-10-9-20-6-4-15-10;/h10-11,15H,1-9H2,(H3,14,16,19);1H. The Morgan fingerprint density at radius 1 is 1.38 bits per heavy atom. The summed E-state index contributed by atoms with van der Waals surface area (Å²) in [5, 5.41) is 5.90. The molecule has 3 amide bonds. The molecular weight excluding hydrogens is 296 g/mol. The zero-order valence-electron chi connectivity index (χ0n) is 12.2. The summed E-state index contributed by atoms with van der Waals surface area (Å²) < 4.78 is 5.37. The molecule has 2 unspecified atom stereocenters. The fraction of sp³-hybridized carbons (Fsp3) is 0.846. The molecule has 8 heteroatoms. The summed E-state index contributed by atoms with van der Waals surface area (Å²) in [5.41, 5.74) is 5.10. The quantitative estimate of drug-likeness (QED) is 0.670. The number of piperidine rings is 1. The van der Waals surface area contributed by atoms with Gasteiger partial charge >= 0.3 is 6.03 Å². The molecule has 0 radical (unpaired) electrons. The molecule has 2 aliphatic rings. The van der Waals surface area contributed by atoms with Gasteiger partial charge in [0.05, 0.1) is 13.2 Å². The number of hydrogen-bond donors (Lipinski definition) is 3. The van der Waals surface area contributed by atoms with E-state index in [-0.39, 0.29) is 30.4 Å². The summed E-state index contributed by atoms with van der Waals surface area (Å²) in [6, 6.07) is -0.374. The van der Waals surface area contributed by atoms with Crippen LogP contribution in [0.1, 0.15) is 25.7 Å². The van der Waals surface area contributed by atoms with Gasteiger partial charge in [0.25, 0.3) is 0 Å². The Bertz CT molecular complexity index is 350. The van der Waals surface area contributed by atoms with Gasteiger partial charge < -0.3 is 26.0 Å². The average Bonchev–Trinajstić information content (AvgIpc) is 2.46. The number of rotatable bonds is 4. The molecule has 0 aromatic rings. The van der Waals surface area contributed by atoms with Crippen molar-refractivity contribution in [2.24, 2.45) is 5.73 Å². The van der Waals surface area contributed by atoms with Crippen molar-refractivity contribution in [1.29, 1.82) is 0 Å². The van der Waals surface area contributed by atoms with Gasteiger partial charge in [0.1, 0.15) is 0 Å². The lowest BCUT2D eigenvalue weighted by Crippen LogP contribution is -2.52. The first kappa shape index (κ1) is 18.0. The minimum atomic E-state index is -0.537. The molecule has 2 aliphatic heterocycles. The summed E-state index contributed by atoms with van der Waals surface area (Å²) in [6.45, 7) is 3.29. The lowest BCUT2D eigenvalue weighted by molar-refractivity contribution is -0.136. The van der Waals surface area contributed by atoms with Crippen LogP contribution in [0.5, 0.6) is 0 Å². The smallest absolute Gasteiger partial charge is 0.312 e. The number of nitrogens with zero attached hydrogens (tertiary/aromatic N) is 1. The highest BCUT2D eigenvalue weighted by atomic mass is 35.5. The predicted molar refractivity (Wildman–Crippen MR) is 81.4 cm³/mol. The summed E-state index contributed by atoms with van der Waals surface area (Å²) in [4.78, 5) is 25.1. The van der Waals surface area contributed by atoms with E-state index in [1.807, 2.05) is 4.90 Å². The van der Waals surface area contributed by atoms with Crippen molar-refractivity contribution < 1.29 is 14.3 Å². The predicted octanol–water partition coefficient (Wildman–Crippen LogP) is -0.164. The molecule has 2 rings (SSSR count). The third-order valence-corrected chi connectivity index (χ3v) is 3.88. The second-order valence-corrected chi connectivity index (χ2v) is 5.41. The zero-order valence-corrected chi connectivity index (χ0v) is 13.0. The molecule has 0 aliphatic carbocycles. The Labute approximate surface area is 131 Å². The van der Waals surface area contributed by atoms with Gasteiger partial charge in [-0.2, -0.15) is 0 Å². The molecule has 0 saturated carbocycles. The number of urea groups is 1. The number of primary amides is 1. The molecule has 2 heterocycles. The van der Waals surface area contributed by atoms with Crippen LogP contribution in [0.3, 0.4) is 0 Å². The topological polar surface area (TPSA) is 96.7 Å². The van der Waals surface area contributed by atoms with E-state index in [1.54, 1.807) is 0 Å². The van der Waals surface area contributed by atoms with Gasteiger partial charge in [-0.25, -0.2) is 4.79 Å². The first-order valence-corrected chi connectivity index (χ1v) is 7.30. The fourth-order valence-corrected chi connectivity index (χ4v) is 2.84. The van der Waals surface area contributed by atoms with Gasteiger partial charge in [0, 0.05) is 38.1 Å². The first-order chi connectivity index (χ1) is 9.66. The van der Waals surface area contributed by atoms with Gasteiger partial charge in [0.15, 0.2) is 0 Å². The first-order valence-electron chi connectivity index (χ1n) is 7.30. The number of ether oxygens (including phenoxy) is 1.